The number of rotatable bonds is 7. The third-order valence-corrected chi connectivity index (χ3v) is 2.80. The smallest absolute Gasteiger partial charge is 0.314 e. The minimum absolute atomic E-state index is 0.242. The summed E-state index contributed by atoms with van der Waals surface area (Å²) in [6.07, 6.45) is 0. The molecule has 0 aliphatic heterocycles. The third-order valence-electron chi connectivity index (χ3n) is 2.80. The Bertz CT molecular complexity index is 441. The lowest BCUT2D eigenvalue weighted by atomic mass is 10.0. The topological polar surface area (TPSA) is 50.4 Å². The predicted octanol–water partition coefficient (Wildman–Crippen LogP) is 2.40. The van der Waals surface area contributed by atoms with Gasteiger partial charge in [-0.3, -0.25) is 0 Å². The van der Waals surface area contributed by atoms with E-state index in [9.17, 15) is 13.6 Å². The molecule has 112 valence electrons. The van der Waals surface area contributed by atoms with Crippen LogP contribution in [-0.2, 0) is 4.74 Å². The molecule has 0 aliphatic carbocycles. The van der Waals surface area contributed by atoms with E-state index in [0.717, 1.165) is 6.07 Å². The van der Waals surface area contributed by atoms with Crippen molar-refractivity contribution in [1.82, 2.24) is 10.6 Å². The predicted molar refractivity (Wildman–Crippen MR) is 72.7 cm³/mol. The maximum atomic E-state index is 13.5. The summed E-state index contributed by atoms with van der Waals surface area (Å²) in [6.45, 7) is 5.37. The number of hydrogen-bond donors (Lipinski definition) is 2. The Morgan fingerprint density at radius 1 is 1.35 bits per heavy atom. The van der Waals surface area contributed by atoms with E-state index in [-0.39, 0.29) is 18.5 Å². The van der Waals surface area contributed by atoms with E-state index in [1.165, 1.54) is 12.1 Å². The van der Waals surface area contributed by atoms with Gasteiger partial charge in [0.15, 0.2) is 0 Å². The van der Waals surface area contributed by atoms with Gasteiger partial charge < -0.3 is 15.4 Å². The number of halogens is 2. The van der Waals surface area contributed by atoms with E-state index in [2.05, 4.69) is 10.6 Å². The number of carbonyl (C=O) groups is 1. The quantitative estimate of drug-likeness (QED) is 0.756. The average Bonchev–Trinajstić information content (AvgIpc) is 2.41. The van der Waals surface area contributed by atoms with E-state index < -0.39 is 11.6 Å². The normalized spacial score (nSPS) is 12.0. The molecule has 1 atom stereocenters. The minimum Gasteiger partial charge on any atom is -0.380 e. The molecule has 0 aliphatic rings. The molecule has 0 aromatic heterocycles. The van der Waals surface area contributed by atoms with Gasteiger partial charge >= 0.3 is 6.03 Å². The van der Waals surface area contributed by atoms with Crippen LogP contribution in [0.3, 0.4) is 0 Å². The van der Waals surface area contributed by atoms with E-state index in [1.807, 2.05) is 6.92 Å². The van der Waals surface area contributed by atoms with Crippen LogP contribution in [0.2, 0.25) is 0 Å². The van der Waals surface area contributed by atoms with E-state index in [0.29, 0.717) is 25.3 Å². The van der Waals surface area contributed by atoms with Gasteiger partial charge in [0.2, 0.25) is 0 Å². The minimum atomic E-state index is -0.611. The first-order chi connectivity index (χ1) is 9.54. The molecule has 0 radical (unpaired) electrons. The molecule has 2 amide bonds. The molecule has 0 unspecified atom stereocenters. The number of benzene rings is 1. The molecular formula is C14H20F2N2O2. The van der Waals surface area contributed by atoms with Crippen LogP contribution >= 0.6 is 0 Å². The van der Waals surface area contributed by atoms with Crippen molar-refractivity contribution in [3.8, 4) is 0 Å². The molecule has 1 aromatic carbocycles. The molecular weight excluding hydrogens is 266 g/mol. The summed E-state index contributed by atoms with van der Waals surface area (Å²) in [6, 6.07) is 3.11. The molecule has 0 spiro atoms. The van der Waals surface area contributed by atoms with Crippen LogP contribution in [0.5, 0.6) is 0 Å². The Morgan fingerprint density at radius 2 is 2.10 bits per heavy atom. The van der Waals surface area contributed by atoms with Crippen LogP contribution in [0.15, 0.2) is 18.2 Å². The largest absolute Gasteiger partial charge is 0.380 e. The Balaban J connectivity index is 2.35. The fourth-order valence-electron chi connectivity index (χ4n) is 1.70. The summed E-state index contributed by atoms with van der Waals surface area (Å²) in [5.74, 6) is -1.45. The zero-order valence-corrected chi connectivity index (χ0v) is 11.7. The molecule has 1 rings (SSSR count). The van der Waals surface area contributed by atoms with Crippen molar-refractivity contribution in [2.24, 2.45) is 0 Å². The van der Waals surface area contributed by atoms with Gasteiger partial charge in [0, 0.05) is 31.7 Å². The molecule has 6 heteroatoms. The van der Waals surface area contributed by atoms with Crippen LogP contribution in [0.1, 0.15) is 25.3 Å². The van der Waals surface area contributed by atoms with E-state index in [1.54, 1.807) is 6.92 Å². The first-order valence-electron chi connectivity index (χ1n) is 6.59. The maximum Gasteiger partial charge on any atom is 0.314 e. The highest BCUT2D eigenvalue weighted by atomic mass is 19.1. The Kier molecular flexibility index (Phi) is 6.93. The van der Waals surface area contributed by atoms with Gasteiger partial charge in [-0.25, -0.2) is 13.6 Å². The van der Waals surface area contributed by atoms with Gasteiger partial charge in [0.1, 0.15) is 11.6 Å². The summed E-state index contributed by atoms with van der Waals surface area (Å²) in [7, 11) is 0. The second-order valence-electron chi connectivity index (χ2n) is 4.40. The molecule has 0 heterocycles. The monoisotopic (exact) mass is 286 g/mol. The highest BCUT2D eigenvalue weighted by molar-refractivity contribution is 5.73. The zero-order chi connectivity index (χ0) is 15.0. The molecule has 4 nitrogen and oxygen atoms in total. The molecule has 2 N–H and O–H groups in total. The van der Waals surface area contributed by atoms with Crippen LogP contribution < -0.4 is 10.6 Å². The summed E-state index contributed by atoms with van der Waals surface area (Å²) in [5.41, 5.74) is 0.376. The van der Waals surface area contributed by atoms with Gasteiger partial charge in [0.05, 0.1) is 6.61 Å². The molecule has 0 saturated carbocycles. The van der Waals surface area contributed by atoms with Gasteiger partial charge in [0.25, 0.3) is 0 Å². The summed E-state index contributed by atoms with van der Waals surface area (Å²) in [5, 5.41) is 5.25. The number of hydrogen-bond acceptors (Lipinski definition) is 2. The van der Waals surface area contributed by atoms with Crippen LogP contribution in [0.4, 0.5) is 13.6 Å². The third kappa shape index (κ3) is 5.52. The fraction of sp³-hybridized carbons (Fsp3) is 0.500. The van der Waals surface area contributed by atoms with Crippen LogP contribution in [-0.4, -0.2) is 32.3 Å². The lowest BCUT2D eigenvalue weighted by Crippen LogP contribution is -2.39. The van der Waals surface area contributed by atoms with Crippen molar-refractivity contribution in [3.63, 3.8) is 0 Å². The van der Waals surface area contributed by atoms with Crippen molar-refractivity contribution < 1.29 is 18.3 Å². The lowest BCUT2D eigenvalue weighted by molar-refractivity contribution is 0.149. The van der Waals surface area contributed by atoms with Gasteiger partial charge in [-0.15, -0.1) is 0 Å². The van der Waals surface area contributed by atoms with Gasteiger partial charge in [-0.1, -0.05) is 13.0 Å². The number of ether oxygens (including phenoxy) is 1. The standard InChI is InChI=1S/C14H20F2N2O2/c1-3-20-7-6-17-14(19)18-9-10(2)12-5-4-11(15)8-13(12)16/h4-5,8,10H,3,6-7,9H2,1-2H3,(H2,17,18,19)/t10-/m0/s1. The van der Waals surface area contributed by atoms with Crippen LogP contribution in [0.25, 0.3) is 0 Å². The van der Waals surface area contributed by atoms with Gasteiger partial charge in [-0.2, -0.15) is 0 Å². The van der Waals surface area contributed by atoms with Crippen molar-refractivity contribution in [1.29, 1.82) is 0 Å². The lowest BCUT2D eigenvalue weighted by Gasteiger charge is -2.14. The Labute approximate surface area is 117 Å². The summed E-state index contributed by atoms with van der Waals surface area (Å²) >= 11 is 0. The highest BCUT2D eigenvalue weighted by Crippen LogP contribution is 2.18. The summed E-state index contributed by atoms with van der Waals surface area (Å²) in [4.78, 5) is 11.4. The highest BCUT2D eigenvalue weighted by Gasteiger charge is 2.12. The summed E-state index contributed by atoms with van der Waals surface area (Å²) < 4.78 is 31.4. The second kappa shape index (κ2) is 8.47. The maximum absolute atomic E-state index is 13.5. The Morgan fingerprint density at radius 3 is 2.75 bits per heavy atom. The van der Waals surface area contributed by atoms with Crippen molar-refractivity contribution >= 4 is 6.03 Å². The fourth-order valence-corrected chi connectivity index (χ4v) is 1.70. The number of nitrogens with one attached hydrogen (secondary N) is 2. The number of amides is 2. The molecule has 0 fully saturated rings. The van der Waals surface area contributed by atoms with E-state index >= 15 is 0 Å². The van der Waals surface area contributed by atoms with Crippen molar-refractivity contribution in [3.05, 3.63) is 35.4 Å². The first kappa shape index (κ1) is 16.4. The molecule has 0 saturated heterocycles. The van der Waals surface area contributed by atoms with Gasteiger partial charge in [-0.05, 0) is 18.6 Å². The average molecular weight is 286 g/mol. The van der Waals surface area contributed by atoms with Crippen molar-refractivity contribution in [2.45, 2.75) is 19.8 Å². The first-order valence-corrected chi connectivity index (χ1v) is 6.59. The number of urea groups is 1. The van der Waals surface area contributed by atoms with Crippen molar-refractivity contribution in [2.75, 3.05) is 26.3 Å². The molecule has 0 bridgehead atoms. The zero-order valence-electron chi connectivity index (χ0n) is 11.7. The van der Waals surface area contributed by atoms with Crippen LogP contribution in [0, 0.1) is 11.6 Å². The molecule has 20 heavy (non-hydrogen) atoms. The SMILES string of the molecule is CCOCCNC(=O)NC[C@H](C)c1ccc(F)cc1F. The van der Waals surface area contributed by atoms with E-state index in [4.69, 9.17) is 4.74 Å². The number of carbonyl (C=O) groups excluding carboxylic acids is 1. The Hall–Kier alpha value is -1.69. The second-order valence-corrected chi connectivity index (χ2v) is 4.40. The molecule has 1 aromatic rings.